The number of piperidine rings is 1. The van der Waals surface area contributed by atoms with Gasteiger partial charge in [-0.2, -0.15) is 5.10 Å². The maximum absolute atomic E-state index is 12.9. The fraction of sp³-hybridized carbons (Fsp3) is 0.565. The van der Waals surface area contributed by atoms with Crippen LogP contribution in [-0.4, -0.2) is 61.7 Å². The number of nitrogens with one attached hydrogen (secondary N) is 1. The Labute approximate surface area is 181 Å². The summed E-state index contributed by atoms with van der Waals surface area (Å²) in [4.78, 5) is 30.5. The predicted molar refractivity (Wildman–Crippen MR) is 118 cm³/mol. The lowest BCUT2D eigenvalue weighted by atomic mass is 9.96. The first-order chi connectivity index (χ1) is 15.1. The zero-order valence-corrected chi connectivity index (χ0v) is 18.0. The predicted octanol–water partition coefficient (Wildman–Crippen LogP) is 2.61. The van der Waals surface area contributed by atoms with Crippen molar-refractivity contribution in [3.63, 3.8) is 0 Å². The van der Waals surface area contributed by atoms with Gasteiger partial charge in [0, 0.05) is 39.4 Å². The number of amides is 1. The highest BCUT2D eigenvalue weighted by Crippen LogP contribution is 2.52. The van der Waals surface area contributed by atoms with Crippen LogP contribution >= 0.6 is 0 Å². The van der Waals surface area contributed by atoms with Crippen LogP contribution < -0.4 is 4.90 Å². The molecule has 1 saturated carbocycles. The number of hydrogen-bond acceptors (Lipinski definition) is 5. The van der Waals surface area contributed by atoms with Gasteiger partial charge in [-0.3, -0.25) is 9.48 Å². The molecule has 2 saturated heterocycles. The molecule has 1 aliphatic carbocycles. The monoisotopic (exact) mass is 419 g/mol. The normalized spacial score (nSPS) is 22.9. The molecule has 2 aliphatic heterocycles. The van der Waals surface area contributed by atoms with E-state index in [4.69, 9.17) is 9.97 Å². The van der Waals surface area contributed by atoms with Gasteiger partial charge >= 0.3 is 0 Å². The van der Waals surface area contributed by atoms with E-state index >= 15 is 0 Å². The van der Waals surface area contributed by atoms with Crippen molar-refractivity contribution in [2.75, 3.05) is 31.1 Å². The molecule has 5 heterocycles. The van der Waals surface area contributed by atoms with Crippen LogP contribution in [0.2, 0.25) is 0 Å². The first-order valence-electron chi connectivity index (χ1n) is 11.5. The van der Waals surface area contributed by atoms with Crippen molar-refractivity contribution < 1.29 is 4.79 Å². The third kappa shape index (κ3) is 3.11. The minimum Gasteiger partial charge on any atom is -0.356 e. The molecule has 1 unspecified atom stereocenters. The molecule has 3 aromatic heterocycles. The van der Waals surface area contributed by atoms with Gasteiger partial charge in [-0.05, 0) is 56.7 Å². The number of anilines is 1. The van der Waals surface area contributed by atoms with Crippen LogP contribution in [0.25, 0.3) is 11.2 Å². The van der Waals surface area contributed by atoms with E-state index in [-0.39, 0.29) is 11.3 Å². The Morgan fingerprint density at radius 2 is 1.94 bits per heavy atom. The number of aromatic amines is 1. The first-order valence-corrected chi connectivity index (χ1v) is 11.5. The van der Waals surface area contributed by atoms with Crippen molar-refractivity contribution in [2.45, 2.75) is 43.9 Å². The summed E-state index contributed by atoms with van der Waals surface area (Å²) in [5.74, 6) is 2.32. The largest absolute Gasteiger partial charge is 0.356 e. The molecular formula is C23H29N7O. The van der Waals surface area contributed by atoms with Crippen LogP contribution in [0.15, 0.2) is 24.4 Å². The molecule has 6 rings (SSSR count). The summed E-state index contributed by atoms with van der Waals surface area (Å²) in [6, 6.07) is 6.24. The molecule has 3 aromatic rings. The van der Waals surface area contributed by atoms with Gasteiger partial charge in [0.2, 0.25) is 5.91 Å². The summed E-state index contributed by atoms with van der Waals surface area (Å²) >= 11 is 0. The summed E-state index contributed by atoms with van der Waals surface area (Å²) in [5.41, 5.74) is 2.86. The van der Waals surface area contributed by atoms with Crippen LogP contribution in [0.4, 0.5) is 5.82 Å². The standard InChI is InChI=1S/C23H29N7O/c1-28-18(8-11-24-28)23(9-10-23)22-25-17-6-7-19(26-20(17)27-22)30-14-4-5-16(15-30)21(31)29-12-2-3-13-29/h6-8,11,16H,2-5,9-10,12-15H2,1H3,(H,25,26,27). The van der Waals surface area contributed by atoms with E-state index in [1.165, 1.54) is 5.69 Å². The molecule has 3 fully saturated rings. The molecular weight excluding hydrogens is 390 g/mol. The third-order valence-electron chi connectivity index (χ3n) is 7.36. The summed E-state index contributed by atoms with van der Waals surface area (Å²) in [7, 11) is 1.99. The highest BCUT2D eigenvalue weighted by Gasteiger charge is 2.50. The van der Waals surface area contributed by atoms with Crippen LogP contribution in [0.3, 0.4) is 0 Å². The molecule has 162 valence electrons. The summed E-state index contributed by atoms with van der Waals surface area (Å²) in [5, 5.41) is 4.35. The average Bonchev–Trinajstić information content (AvgIpc) is 3.19. The SMILES string of the molecule is Cn1nccc1C1(c2nc3nc(N4CCCC(C(=O)N5CCCC5)C4)ccc3[nH]2)CC1. The third-order valence-corrected chi connectivity index (χ3v) is 7.36. The van der Waals surface area contributed by atoms with Crippen LogP contribution in [0.5, 0.6) is 0 Å². The number of aromatic nitrogens is 5. The van der Waals surface area contributed by atoms with Crippen LogP contribution in [-0.2, 0) is 17.3 Å². The Kier molecular flexibility index (Phi) is 4.30. The Morgan fingerprint density at radius 3 is 2.68 bits per heavy atom. The molecule has 0 radical (unpaired) electrons. The van der Waals surface area contributed by atoms with E-state index in [1.807, 2.05) is 17.9 Å². The molecule has 0 bridgehead atoms. The van der Waals surface area contributed by atoms with Crippen LogP contribution in [0.1, 0.15) is 50.0 Å². The van der Waals surface area contributed by atoms with E-state index < -0.39 is 0 Å². The van der Waals surface area contributed by atoms with Crippen molar-refractivity contribution in [2.24, 2.45) is 13.0 Å². The van der Waals surface area contributed by atoms with E-state index in [0.29, 0.717) is 5.91 Å². The summed E-state index contributed by atoms with van der Waals surface area (Å²) in [6.07, 6.45) is 8.29. The number of rotatable bonds is 4. The number of hydrogen-bond donors (Lipinski definition) is 1. The minimum absolute atomic E-state index is 0.0650. The van der Waals surface area contributed by atoms with Crippen molar-refractivity contribution in [1.29, 1.82) is 0 Å². The Morgan fingerprint density at radius 1 is 1.10 bits per heavy atom. The quantitative estimate of drug-likeness (QED) is 0.703. The van der Waals surface area contributed by atoms with Crippen molar-refractivity contribution >= 4 is 22.9 Å². The van der Waals surface area contributed by atoms with Gasteiger partial charge in [0.15, 0.2) is 5.65 Å². The number of H-pyrrole nitrogens is 1. The van der Waals surface area contributed by atoms with Crippen molar-refractivity contribution in [3.05, 3.63) is 35.9 Å². The maximum atomic E-state index is 12.9. The maximum Gasteiger partial charge on any atom is 0.227 e. The second kappa shape index (κ2) is 7.07. The highest BCUT2D eigenvalue weighted by atomic mass is 16.2. The highest BCUT2D eigenvalue weighted by molar-refractivity contribution is 5.80. The number of nitrogens with zero attached hydrogens (tertiary/aromatic N) is 6. The molecule has 8 nitrogen and oxygen atoms in total. The number of carbonyl (C=O) groups is 1. The van der Waals surface area contributed by atoms with E-state index in [9.17, 15) is 4.79 Å². The number of carbonyl (C=O) groups excluding carboxylic acids is 1. The molecule has 0 spiro atoms. The molecule has 0 aromatic carbocycles. The fourth-order valence-corrected chi connectivity index (χ4v) is 5.45. The first kappa shape index (κ1) is 18.8. The molecule has 3 aliphatic rings. The van der Waals surface area contributed by atoms with Crippen molar-refractivity contribution in [3.8, 4) is 0 Å². The fourth-order valence-electron chi connectivity index (χ4n) is 5.45. The minimum atomic E-state index is -0.0650. The lowest BCUT2D eigenvalue weighted by Crippen LogP contribution is -2.44. The van der Waals surface area contributed by atoms with Crippen LogP contribution in [0, 0.1) is 5.92 Å². The van der Waals surface area contributed by atoms with E-state index in [0.717, 1.165) is 87.5 Å². The number of imidazole rings is 1. The van der Waals surface area contributed by atoms with E-state index in [2.05, 4.69) is 38.1 Å². The Hall–Kier alpha value is -2.90. The zero-order valence-electron chi connectivity index (χ0n) is 18.0. The summed E-state index contributed by atoms with van der Waals surface area (Å²) < 4.78 is 1.95. The lowest BCUT2D eigenvalue weighted by Gasteiger charge is -2.34. The Balaban J connectivity index is 1.25. The van der Waals surface area contributed by atoms with Gasteiger partial charge < -0.3 is 14.8 Å². The number of aryl methyl sites for hydroxylation is 1. The number of pyridine rings is 1. The van der Waals surface area contributed by atoms with Gasteiger partial charge in [0.25, 0.3) is 0 Å². The second-order valence-electron chi connectivity index (χ2n) is 9.37. The zero-order chi connectivity index (χ0) is 21.0. The molecule has 1 atom stereocenters. The Bertz CT molecular complexity index is 1120. The molecule has 31 heavy (non-hydrogen) atoms. The lowest BCUT2D eigenvalue weighted by molar-refractivity contribution is -0.134. The van der Waals surface area contributed by atoms with Gasteiger partial charge in [0.05, 0.1) is 22.5 Å². The second-order valence-corrected chi connectivity index (χ2v) is 9.37. The van der Waals surface area contributed by atoms with Gasteiger partial charge in [-0.25, -0.2) is 9.97 Å². The van der Waals surface area contributed by atoms with E-state index in [1.54, 1.807) is 0 Å². The van der Waals surface area contributed by atoms with Gasteiger partial charge in [-0.1, -0.05) is 0 Å². The molecule has 1 N–H and O–H groups in total. The number of fused-ring (bicyclic) bond motifs is 1. The summed E-state index contributed by atoms with van der Waals surface area (Å²) in [6.45, 7) is 3.55. The van der Waals surface area contributed by atoms with Gasteiger partial charge in [0.1, 0.15) is 11.6 Å². The van der Waals surface area contributed by atoms with Gasteiger partial charge in [-0.15, -0.1) is 0 Å². The molecule has 1 amide bonds. The van der Waals surface area contributed by atoms with Crippen molar-refractivity contribution in [1.82, 2.24) is 29.6 Å². The number of likely N-dealkylation sites (tertiary alicyclic amines) is 1. The topological polar surface area (TPSA) is 82.9 Å². The molecule has 8 heteroatoms. The average molecular weight is 420 g/mol. The smallest absolute Gasteiger partial charge is 0.227 e.